The Kier molecular flexibility index (Phi) is 8.91. The largest absolute Gasteiger partial charge is 0.480 e. The Morgan fingerprint density at radius 1 is 1.33 bits per heavy atom. The van der Waals surface area contributed by atoms with Crippen molar-refractivity contribution in [1.29, 1.82) is 0 Å². The van der Waals surface area contributed by atoms with E-state index in [4.69, 9.17) is 25.1 Å². The first-order valence-corrected chi connectivity index (χ1v) is 6.10. The second-order valence-electron chi connectivity index (χ2n) is 4.57. The summed E-state index contributed by atoms with van der Waals surface area (Å²) < 4.78 is 15.6. The first-order chi connectivity index (χ1) is 8.40. The van der Waals surface area contributed by atoms with Crippen molar-refractivity contribution in [3.63, 3.8) is 0 Å². The highest BCUT2D eigenvalue weighted by Crippen LogP contribution is 2.11. The molecule has 0 aromatic rings. The maximum Gasteiger partial charge on any atom is 0.323 e. The number of carboxylic acids is 1. The predicted molar refractivity (Wildman–Crippen MR) is 67.6 cm³/mol. The molecular formula is C12H25NO5. The van der Waals surface area contributed by atoms with Crippen LogP contribution < -0.4 is 5.73 Å². The van der Waals surface area contributed by atoms with E-state index in [9.17, 15) is 4.79 Å². The molecule has 3 N–H and O–H groups in total. The summed E-state index contributed by atoms with van der Waals surface area (Å²) >= 11 is 0. The van der Waals surface area contributed by atoms with Crippen LogP contribution in [0, 0.1) is 0 Å². The molecule has 0 amide bonds. The van der Waals surface area contributed by atoms with Gasteiger partial charge in [0.05, 0.1) is 19.3 Å². The fourth-order valence-corrected chi connectivity index (χ4v) is 1.43. The molecule has 0 aliphatic heterocycles. The van der Waals surface area contributed by atoms with Crippen molar-refractivity contribution in [2.75, 3.05) is 33.5 Å². The van der Waals surface area contributed by atoms with Crippen LogP contribution >= 0.6 is 0 Å². The van der Waals surface area contributed by atoms with Crippen LogP contribution in [0.1, 0.15) is 26.7 Å². The number of aliphatic carboxylic acids is 1. The lowest BCUT2D eigenvalue weighted by atomic mass is 9.96. The van der Waals surface area contributed by atoms with Gasteiger partial charge < -0.3 is 25.1 Å². The molecule has 18 heavy (non-hydrogen) atoms. The lowest BCUT2D eigenvalue weighted by molar-refractivity contribution is -0.144. The molecule has 6 heteroatoms. The highest BCUT2D eigenvalue weighted by molar-refractivity contribution is 5.77. The summed E-state index contributed by atoms with van der Waals surface area (Å²) in [5.41, 5.74) is 4.39. The van der Waals surface area contributed by atoms with E-state index < -0.39 is 11.5 Å². The Hall–Kier alpha value is -0.690. The predicted octanol–water partition coefficient (Wildman–Crippen LogP) is 0.637. The molecule has 108 valence electrons. The quantitative estimate of drug-likeness (QED) is 0.531. The Morgan fingerprint density at radius 2 is 2.00 bits per heavy atom. The van der Waals surface area contributed by atoms with Crippen LogP contribution in [0.25, 0.3) is 0 Å². The molecule has 0 aromatic carbocycles. The van der Waals surface area contributed by atoms with Crippen LogP contribution in [0.5, 0.6) is 0 Å². The summed E-state index contributed by atoms with van der Waals surface area (Å²) in [6.07, 6.45) is 0.866. The summed E-state index contributed by atoms with van der Waals surface area (Å²) in [5.74, 6) is -1.01. The van der Waals surface area contributed by atoms with Crippen molar-refractivity contribution in [2.45, 2.75) is 38.3 Å². The molecule has 0 bridgehead atoms. The van der Waals surface area contributed by atoms with E-state index in [0.29, 0.717) is 26.4 Å². The molecule has 2 unspecified atom stereocenters. The molecule has 0 aliphatic rings. The summed E-state index contributed by atoms with van der Waals surface area (Å²) in [7, 11) is 1.63. The van der Waals surface area contributed by atoms with Crippen LogP contribution in [0.4, 0.5) is 0 Å². The van der Waals surface area contributed by atoms with Gasteiger partial charge >= 0.3 is 5.97 Å². The van der Waals surface area contributed by atoms with Gasteiger partial charge in [-0.2, -0.15) is 0 Å². The third kappa shape index (κ3) is 8.41. The molecule has 0 saturated heterocycles. The number of methoxy groups -OCH3 is 1. The van der Waals surface area contributed by atoms with Crippen molar-refractivity contribution in [3.05, 3.63) is 0 Å². The van der Waals surface area contributed by atoms with E-state index in [-0.39, 0.29) is 12.5 Å². The molecule has 0 heterocycles. The van der Waals surface area contributed by atoms with Gasteiger partial charge in [-0.15, -0.1) is 0 Å². The topological polar surface area (TPSA) is 91.0 Å². The Labute approximate surface area is 108 Å². The highest BCUT2D eigenvalue weighted by Gasteiger charge is 2.30. The summed E-state index contributed by atoms with van der Waals surface area (Å²) in [4.78, 5) is 10.8. The number of ether oxygens (including phenoxy) is 3. The zero-order valence-electron chi connectivity index (χ0n) is 11.5. The van der Waals surface area contributed by atoms with Crippen LogP contribution in [-0.2, 0) is 19.0 Å². The van der Waals surface area contributed by atoms with E-state index in [1.54, 1.807) is 7.11 Å². The van der Waals surface area contributed by atoms with Crippen molar-refractivity contribution in [1.82, 2.24) is 0 Å². The second-order valence-corrected chi connectivity index (χ2v) is 4.57. The minimum atomic E-state index is -1.24. The lowest BCUT2D eigenvalue weighted by Crippen LogP contribution is -2.47. The van der Waals surface area contributed by atoms with Crippen LogP contribution in [0.2, 0.25) is 0 Å². The summed E-state index contributed by atoms with van der Waals surface area (Å²) in [5, 5.41) is 8.87. The standard InChI is InChI=1S/C12H25NO5/c1-10(9-12(2,13)11(14)15)18-6-4-5-17-8-7-16-3/h10H,4-9,13H2,1-3H3,(H,14,15). The van der Waals surface area contributed by atoms with E-state index in [1.165, 1.54) is 6.92 Å². The van der Waals surface area contributed by atoms with Crippen LogP contribution in [-0.4, -0.2) is 56.3 Å². The van der Waals surface area contributed by atoms with E-state index in [0.717, 1.165) is 6.42 Å². The smallest absolute Gasteiger partial charge is 0.323 e. The van der Waals surface area contributed by atoms with Crippen molar-refractivity contribution < 1.29 is 24.1 Å². The van der Waals surface area contributed by atoms with Crippen molar-refractivity contribution >= 4 is 5.97 Å². The van der Waals surface area contributed by atoms with E-state index >= 15 is 0 Å². The van der Waals surface area contributed by atoms with Gasteiger partial charge in [-0.05, 0) is 20.3 Å². The van der Waals surface area contributed by atoms with E-state index in [1.807, 2.05) is 6.92 Å². The molecule has 0 spiro atoms. The summed E-state index contributed by atoms with van der Waals surface area (Å²) in [6, 6.07) is 0. The Bertz CT molecular complexity index is 233. The molecule has 0 saturated carbocycles. The number of nitrogens with two attached hydrogens (primary N) is 1. The first kappa shape index (κ1) is 17.3. The average Bonchev–Trinajstić information content (AvgIpc) is 2.27. The van der Waals surface area contributed by atoms with Crippen molar-refractivity contribution in [2.24, 2.45) is 5.73 Å². The Balaban J connectivity index is 3.54. The average molecular weight is 263 g/mol. The summed E-state index contributed by atoms with van der Waals surface area (Å²) in [6.45, 7) is 5.61. The number of hydrogen-bond acceptors (Lipinski definition) is 5. The van der Waals surface area contributed by atoms with Gasteiger partial charge in [0.1, 0.15) is 5.54 Å². The van der Waals surface area contributed by atoms with Gasteiger partial charge in [0.25, 0.3) is 0 Å². The van der Waals surface area contributed by atoms with E-state index in [2.05, 4.69) is 0 Å². The Morgan fingerprint density at radius 3 is 2.56 bits per heavy atom. The van der Waals surface area contributed by atoms with Crippen LogP contribution in [0.15, 0.2) is 0 Å². The molecule has 0 fully saturated rings. The molecule has 0 aromatic heterocycles. The van der Waals surface area contributed by atoms with Crippen LogP contribution in [0.3, 0.4) is 0 Å². The molecule has 0 radical (unpaired) electrons. The van der Waals surface area contributed by atoms with Gasteiger partial charge in [0.15, 0.2) is 0 Å². The van der Waals surface area contributed by atoms with Crippen molar-refractivity contribution in [3.8, 4) is 0 Å². The molecular weight excluding hydrogens is 238 g/mol. The fraction of sp³-hybridized carbons (Fsp3) is 0.917. The highest BCUT2D eigenvalue weighted by atomic mass is 16.5. The number of carboxylic acid groups (broad SMARTS) is 1. The third-order valence-corrected chi connectivity index (χ3v) is 2.47. The monoisotopic (exact) mass is 263 g/mol. The van der Waals surface area contributed by atoms with Gasteiger partial charge in [-0.1, -0.05) is 0 Å². The lowest BCUT2D eigenvalue weighted by Gasteiger charge is -2.23. The first-order valence-electron chi connectivity index (χ1n) is 6.10. The van der Waals surface area contributed by atoms with Gasteiger partial charge in [-0.25, -0.2) is 0 Å². The zero-order chi connectivity index (χ0) is 14.0. The number of carbonyl (C=O) groups is 1. The number of hydrogen-bond donors (Lipinski definition) is 2. The fourth-order valence-electron chi connectivity index (χ4n) is 1.43. The second kappa shape index (κ2) is 9.27. The minimum absolute atomic E-state index is 0.185. The SMILES string of the molecule is COCCOCCCOC(C)CC(C)(N)C(=O)O. The maximum absolute atomic E-state index is 10.8. The number of rotatable bonds is 11. The third-order valence-electron chi connectivity index (χ3n) is 2.47. The van der Waals surface area contributed by atoms with Gasteiger partial charge in [-0.3, -0.25) is 4.79 Å². The van der Waals surface area contributed by atoms with Gasteiger partial charge in [0.2, 0.25) is 0 Å². The minimum Gasteiger partial charge on any atom is -0.480 e. The normalized spacial score (nSPS) is 16.2. The maximum atomic E-state index is 10.8. The molecule has 0 rings (SSSR count). The zero-order valence-corrected chi connectivity index (χ0v) is 11.5. The molecule has 0 aliphatic carbocycles. The van der Waals surface area contributed by atoms with Gasteiger partial charge in [0, 0.05) is 26.7 Å². The molecule has 2 atom stereocenters. The molecule has 6 nitrogen and oxygen atoms in total.